The number of anilines is 1. The topological polar surface area (TPSA) is 34.0 Å². The van der Waals surface area contributed by atoms with Crippen LogP contribution in [0, 0.1) is 5.82 Å². The number of carbonyl (C=O) groups is 1. The molecule has 0 atom stereocenters. The van der Waals surface area contributed by atoms with Crippen LogP contribution < -0.4 is 5.32 Å². The van der Waals surface area contributed by atoms with Crippen LogP contribution in [0.1, 0.15) is 11.3 Å². The average Bonchev–Trinajstić information content (AvgIpc) is 3.19. The Kier molecular flexibility index (Phi) is 4.79. The minimum absolute atomic E-state index is 0.186. The molecule has 3 aromatic rings. The normalized spacial score (nSPS) is 10.7. The molecule has 0 spiro atoms. The number of hydrogen-bond donors (Lipinski definition) is 1. The summed E-state index contributed by atoms with van der Waals surface area (Å²) in [5.41, 5.74) is 0.974. The summed E-state index contributed by atoms with van der Waals surface area (Å²) in [5, 5.41) is 2.63. The number of nitrogens with one attached hydrogen (secondary N) is 1. The molecule has 118 valence electrons. The van der Waals surface area contributed by atoms with Crippen molar-refractivity contribution in [1.29, 1.82) is 0 Å². The van der Waals surface area contributed by atoms with Gasteiger partial charge in [0.15, 0.2) is 0 Å². The lowest BCUT2D eigenvalue weighted by Crippen LogP contribution is -2.13. The summed E-state index contributed by atoms with van der Waals surface area (Å²) < 4.78 is 16.4. The van der Waals surface area contributed by atoms with Crippen LogP contribution in [-0.4, -0.2) is 10.5 Å². The van der Waals surface area contributed by atoms with Crippen LogP contribution in [0.3, 0.4) is 0 Å². The number of hydrogen-bond acceptors (Lipinski definition) is 2. The molecule has 0 bridgehead atoms. The lowest BCUT2D eigenvalue weighted by Gasteiger charge is -2.09. The van der Waals surface area contributed by atoms with Gasteiger partial charge in [-0.1, -0.05) is 11.6 Å². The number of aromatic nitrogens is 1. The highest BCUT2D eigenvalue weighted by atomic mass is 35.5. The van der Waals surface area contributed by atoms with Crippen molar-refractivity contribution in [2.45, 2.75) is 12.8 Å². The zero-order valence-corrected chi connectivity index (χ0v) is 13.7. The molecular formula is C17H14ClFN2OS. The second-order valence-corrected chi connectivity index (χ2v) is 6.81. The molecule has 6 heteroatoms. The molecule has 1 N–H and O–H groups in total. The van der Waals surface area contributed by atoms with Crippen LogP contribution in [-0.2, 0) is 11.2 Å². The second kappa shape index (κ2) is 6.98. The molecule has 1 amide bonds. The zero-order chi connectivity index (χ0) is 16.2. The molecule has 0 saturated carbocycles. The lowest BCUT2D eigenvalue weighted by molar-refractivity contribution is -0.116. The first kappa shape index (κ1) is 15.8. The summed E-state index contributed by atoms with van der Waals surface area (Å²) in [6.45, 7) is 0. The molecule has 0 aliphatic carbocycles. The van der Waals surface area contributed by atoms with Gasteiger partial charge in [0.1, 0.15) is 5.82 Å². The van der Waals surface area contributed by atoms with Gasteiger partial charge in [-0.15, -0.1) is 11.3 Å². The Morgan fingerprint density at radius 2 is 2.00 bits per heavy atom. The van der Waals surface area contributed by atoms with E-state index in [-0.39, 0.29) is 18.0 Å². The summed E-state index contributed by atoms with van der Waals surface area (Å²) in [7, 11) is 0. The molecule has 1 aromatic carbocycles. The molecule has 0 aliphatic rings. The third-order valence-electron chi connectivity index (χ3n) is 3.35. The van der Waals surface area contributed by atoms with Gasteiger partial charge in [-0.2, -0.15) is 0 Å². The van der Waals surface area contributed by atoms with Crippen LogP contribution in [0.15, 0.2) is 54.9 Å². The maximum atomic E-state index is 13.9. The third kappa shape index (κ3) is 4.00. The van der Waals surface area contributed by atoms with Crippen LogP contribution in [0.2, 0.25) is 4.34 Å². The van der Waals surface area contributed by atoms with Gasteiger partial charge in [-0.25, -0.2) is 4.39 Å². The van der Waals surface area contributed by atoms with Gasteiger partial charge in [0.05, 0.1) is 10.0 Å². The highest BCUT2D eigenvalue weighted by Gasteiger charge is 2.09. The van der Waals surface area contributed by atoms with Gasteiger partial charge in [-0.3, -0.25) is 4.79 Å². The Balaban J connectivity index is 1.67. The van der Waals surface area contributed by atoms with Crippen LogP contribution in [0.25, 0.3) is 5.69 Å². The van der Waals surface area contributed by atoms with Crippen molar-refractivity contribution in [2.75, 3.05) is 5.32 Å². The highest BCUT2D eigenvalue weighted by molar-refractivity contribution is 7.16. The van der Waals surface area contributed by atoms with Gasteiger partial charge >= 0.3 is 0 Å². The maximum Gasteiger partial charge on any atom is 0.224 e. The summed E-state index contributed by atoms with van der Waals surface area (Å²) in [6, 6.07) is 12.1. The highest BCUT2D eigenvalue weighted by Crippen LogP contribution is 2.23. The molecule has 0 radical (unpaired) electrons. The third-order valence-corrected chi connectivity index (χ3v) is 4.64. The monoisotopic (exact) mass is 348 g/mol. The quantitative estimate of drug-likeness (QED) is 0.699. The Morgan fingerprint density at radius 1 is 1.22 bits per heavy atom. The summed E-state index contributed by atoms with van der Waals surface area (Å²) in [6.07, 6.45) is 4.59. The van der Waals surface area contributed by atoms with E-state index < -0.39 is 5.82 Å². The number of amides is 1. The molecule has 2 heterocycles. The molecule has 3 rings (SSSR count). The van der Waals surface area contributed by atoms with E-state index in [1.807, 2.05) is 35.2 Å². The number of halogens is 2. The van der Waals surface area contributed by atoms with Crippen LogP contribution >= 0.6 is 22.9 Å². The van der Waals surface area contributed by atoms with Crippen LogP contribution in [0.5, 0.6) is 0 Å². The average molecular weight is 349 g/mol. The zero-order valence-electron chi connectivity index (χ0n) is 12.1. The number of carbonyl (C=O) groups excluding carboxylic acids is 1. The summed E-state index contributed by atoms with van der Waals surface area (Å²) in [4.78, 5) is 13.1. The Morgan fingerprint density at radius 3 is 2.70 bits per heavy atom. The van der Waals surface area contributed by atoms with Gasteiger partial charge < -0.3 is 9.88 Å². The van der Waals surface area contributed by atoms with Gasteiger partial charge in [0.2, 0.25) is 5.91 Å². The van der Waals surface area contributed by atoms with Crippen molar-refractivity contribution in [3.05, 3.63) is 69.9 Å². The Hall–Kier alpha value is -2.11. The van der Waals surface area contributed by atoms with Crippen molar-refractivity contribution in [3.63, 3.8) is 0 Å². The second-order valence-electron chi connectivity index (χ2n) is 5.01. The Labute approximate surface area is 142 Å². The van der Waals surface area contributed by atoms with Crippen molar-refractivity contribution in [3.8, 4) is 5.69 Å². The van der Waals surface area contributed by atoms with E-state index in [4.69, 9.17) is 11.6 Å². The van der Waals surface area contributed by atoms with Gasteiger partial charge in [-0.05, 0) is 48.9 Å². The maximum absolute atomic E-state index is 13.9. The fourth-order valence-corrected chi connectivity index (χ4v) is 3.30. The van der Waals surface area contributed by atoms with Crippen LogP contribution in [0.4, 0.5) is 10.1 Å². The Bertz CT molecular complexity index is 814. The predicted octanol–water partition coefficient (Wildman–Crippen LogP) is 4.90. The molecule has 0 aliphatic heterocycles. The first-order valence-corrected chi connectivity index (χ1v) is 8.28. The minimum atomic E-state index is -0.451. The number of nitrogens with zero attached hydrogens (tertiary/aromatic N) is 1. The molecule has 23 heavy (non-hydrogen) atoms. The fraction of sp³-hybridized carbons (Fsp3) is 0.118. The smallest absolute Gasteiger partial charge is 0.224 e. The van der Waals surface area contributed by atoms with E-state index in [1.54, 1.807) is 18.2 Å². The van der Waals surface area contributed by atoms with E-state index in [1.165, 1.54) is 17.4 Å². The number of aryl methyl sites for hydroxylation is 1. The van der Waals surface area contributed by atoms with Gasteiger partial charge in [0, 0.05) is 29.4 Å². The predicted molar refractivity (Wildman–Crippen MR) is 92.0 cm³/mol. The molecule has 3 nitrogen and oxygen atoms in total. The van der Waals surface area contributed by atoms with Crippen molar-refractivity contribution < 1.29 is 9.18 Å². The van der Waals surface area contributed by atoms with Crippen molar-refractivity contribution in [1.82, 2.24) is 4.57 Å². The molecule has 0 saturated heterocycles. The lowest BCUT2D eigenvalue weighted by atomic mass is 10.2. The van der Waals surface area contributed by atoms with Crippen molar-refractivity contribution in [2.24, 2.45) is 0 Å². The first-order valence-electron chi connectivity index (χ1n) is 7.09. The number of rotatable bonds is 5. The minimum Gasteiger partial charge on any atom is -0.324 e. The summed E-state index contributed by atoms with van der Waals surface area (Å²) in [5.74, 6) is -0.675. The van der Waals surface area contributed by atoms with Crippen molar-refractivity contribution >= 4 is 34.5 Å². The van der Waals surface area contributed by atoms with E-state index in [2.05, 4.69) is 5.32 Å². The first-order chi connectivity index (χ1) is 11.1. The standard InChI is InChI=1S/C17H14ClFN2OS/c18-16-7-4-13(23-16)5-8-17(22)20-15-11-12(3-6-14(15)19)21-9-1-2-10-21/h1-4,6-7,9-11H,5,8H2,(H,20,22). The SMILES string of the molecule is O=C(CCc1ccc(Cl)s1)Nc1cc(-n2cccc2)ccc1F. The number of benzene rings is 1. The van der Waals surface area contributed by atoms with E-state index in [0.717, 1.165) is 10.6 Å². The number of thiophene rings is 1. The van der Waals surface area contributed by atoms with E-state index >= 15 is 0 Å². The van der Waals surface area contributed by atoms with E-state index in [9.17, 15) is 9.18 Å². The molecular weight excluding hydrogens is 335 g/mol. The summed E-state index contributed by atoms with van der Waals surface area (Å²) >= 11 is 7.31. The molecule has 0 unspecified atom stereocenters. The molecule has 2 aromatic heterocycles. The van der Waals surface area contributed by atoms with E-state index in [0.29, 0.717) is 10.8 Å². The fourth-order valence-electron chi connectivity index (χ4n) is 2.21. The largest absolute Gasteiger partial charge is 0.324 e. The molecule has 0 fully saturated rings. The van der Waals surface area contributed by atoms with Gasteiger partial charge in [0.25, 0.3) is 0 Å².